The Morgan fingerprint density at radius 1 is 1.20 bits per heavy atom. The second-order valence-electron chi connectivity index (χ2n) is 5.00. The second-order valence-corrected chi connectivity index (χ2v) is 6.56. The summed E-state index contributed by atoms with van der Waals surface area (Å²) in [5, 5.41) is 7.25. The van der Waals surface area contributed by atoms with Gasteiger partial charge in [-0.05, 0) is 24.3 Å². The maximum absolute atomic E-state index is 12.7. The van der Waals surface area contributed by atoms with Crippen LogP contribution < -0.4 is 16.0 Å². The molecular weight excluding hydrogens is 363 g/mol. The Balaban J connectivity index is 2.20. The van der Waals surface area contributed by atoms with Gasteiger partial charge in [0.05, 0.1) is 10.5 Å². The highest BCUT2D eigenvalue weighted by Crippen LogP contribution is 2.28. The van der Waals surface area contributed by atoms with Gasteiger partial charge in [-0.1, -0.05) is 6.07 Å². The normalized spacial score (nSPS) is 12.0. The quantitative estimate of drug-likeness (QED) is 0.835. The fourth-order valence-corrected chi connectivity index (χ4v) is 2.49. The number of hydrogen-bond acceptors (Lipinski definition) is 4. The van der Waals surface area contributed by atoms with E-state index in [1.807, 2.05) is 0 Å². The van der Waals surface area contributed by atoms with Crippen LogP contribution in [0.3, 0.4) is 0 Å². The molecule has 0 radical (unpaired) electrons. The minimum atomic E-state index is -4.66. The average Bonchev–Trinajstić information content (AvgIpc) is 2.47. The topological polar surface area (TPSA) is 111 Å². The van der Waals surface area contributed by atoms with Crippen LogP contribution in [0.4, 0.5) is 18.9 Å². The SMILES string of the molecule is NS(=O)(=O)c1cccc(NC(=O)Cn2cc(C(F)(F)F)ccc2=O)c1. The molecular formula is C14H12F3N3O4S. The molecule has 3 N–H and O–H groups in total. The summed E-state index contributed by atoms with van der Waals surface area (Å²) < 4.78 is 61.1. The third kappa shape index (κ3) is 4.90. The molecule has 1 heterocycles. The molecule has 0 aliphatic rings. The van der Waals surface area contributed by atoms with E-state index in [2.05, 4.69) is 5.32 Å². The second kappa shape index (κ2) is 6.69. The van der Waals surface area contributed by atoms with E-state index in [-0.39, 0.29) is 10.6 Å². The number of rotatable bonds is 4. The predicted octanol–water partition coefficient (Wildman–Crippen LogP) is 1.15. The molecule has 0 unspecified atom stereocenters. The van der Waals surface area contributed by atoms with Gasteiger partial charge in [0.1, 0.15) is 6.54 Å². The first-order valence-electron chi connectivity index (χ1n) is 6.67. The molecule has 134 valence electrons. The van der Waals surface area contributed by atoms with E-state index in [4.69, 9.17) is 5.14 Å². The van der Waals surface area contributed by atoms with Gasteiger partial charge in [-0.3, -0.25) is 9.59 Å². The van der Waals surface area contributed by atoms with Gasteiger partial charge >= 0.3 is 6.18 Å². The maximum atomic E-state index is 12.7. The number of nitrogens with zero attached hydrogens (tertiary/aromatic N) is 1. The third-order valence-corrected chi connectivity index (χ3v) is 3.98. The zero-order chi connectivity index (χ0) is 18.8. The third-order valence-electron chi connectivity index (χ3n) is 3.07. The Labute approximate surface area is 139 Å². The molecule has 0 spiro atoms. The molecule has 25 heavy (non-hydrogen) atoms. The van der Waals surface area contributed by atoms with E-state index in [1.165, 1.54) is 18.2 Å². The number of carbonyl (C=O) groups excluding carboxylic acids is 1. The molecule has 11 heteroatoms. The predicted molar refractivity (Wildman–Crippen MR) is 82.1 cm³/mol. The van der Waals surface area contributed by atoms with Crippen LogP contribution in [0.2, 0.25) is 0 Å². The van der Waals surface area contributed by atoms with Gasteiger partial charge in [-0.2, -0.15) is 13.2 Å². The lowest BCUT2D eigenvalue weighted by molar-refractivity contribution is -0.138. The van der Waals surface area contributed by atoms with Crippen molar-refractivity contribution < 1.29 is 26.4 Å². The molecule has 0 aliphatic heterocycles. The molecule has 0 saturated heterocycles. The summed E-state index contributed by atoms with van der Waals surface area (Å²) in [6, 6.07) is 6.31. The first-order valence-corrected chi connectivity index (χ1v) is 8.22. The van der Waals surface area contributed by atoms with Crippen LogP contribution in [-0.2, 0) is 27.5 Å². The van der Waals surface area contributed by atoms with Crippen LogP contribution in [0.15, 0.2) is 52.3 Å². The zero-order valence-corrected chi connectivity index (χ0v) is 13.3. The van der Waals surface area contributed by atoms with Gasteiger partial charge in [0.25, 0.3) is 5.56 Å². The van der Waals surface area contributed by atoms with Crippen LogP contribution in [-0.4, -0.2) is 18.9 Å². The molecule has 1 amide bonds. The number of sulfonamides is 1. The Bertz CT molecular complexity index is 968. The minimum absolute atomic E-state index is 0.0662. The molecule has 0 atom stereocenters. The molecule has 7 nitrogen and oxygen atoms in total. The van der Waals surface area contributed by atoms with Crippen LogP contribution in [0.1, 0.15) is 5.56 Å². The average molecular weight is 375 g/mol. The van der Waals surface area contributed by atoms with Crippen LogP contribution >= 0.6 is 0 Å². The Morgan fingerprint density at radius 3 is 2.48 bits per heavy atom. The number of alkyl halides is 3. The van der Waals surface area contributed by atoms with Gasteiger partial charge in [-0.25, -0.2) is 13.6 Å². The van der Waals surface area contributed by atoms with Gasteiger partial charge in [0, 0.05) is 18.0 Å². The molecule has 1 aromatic heterocycles. The van der Waals surface area contributed by atoms with Crippen molar-refractivity contribution in [3.63, 3.8) is 0 Å². The molecule has 2 aromatic rings. The van der Waals surface area contributed by atoms with E-state index in [1.54, 1.807) is 0 Å². The Kier molecular flexibility index (Phi) is 4.99. The number of pyridine rings is 1. The highest BCUT2D eigenvalue weighted by molar-refractivity contribution is 7.89. The Morgan fingerprint density at radius 2 is 1.88 bits per heavy atom. The molecule has 0 aliphatic carbocycles. The van der Waals surface area contributed by atoms with Gasteiger partial charge in [0.2, 0.25) is 15.9 Å². The molecule has 1 aromatic carbocycles. The molecule has 0 fully saturated rings. The molecule has 0 saturated carbocycles. The Hall–Kier alpha value is -2.66. The lowest BCUT2D eigenvalue weighted by atomic mass is 10.2. The number of nitrogens with two attached hydrogens (primary N) is 1. The van der Waals surface area contributed by atoms with Crippen molar-refractivity contribution in [1.29, 1.82) is 0 Å². The van der Waals surface area contributed by atoms with Gasteiger partial charge < -0.3 is 9.88 Å². The number of benzene rings is 1. The van der Waals surface area contributed by atoms with Crippen LogP contribution in [0.25, 0.3) is 0 Å². The number of halogens is 3. The van der Waals surface area contributed by atoms with Gasteiger partial charge in [-0.15, -0.1) is 0 Å². The minimum Gasteiger partial charge on any atom is -0.324 e. The standard InChI is InChI=1S/C14H12F3N3O4S/c15-14(16,17)9-4-5-13(22)20(7-9)8-12(21)19-10-2-1-3-11(6-10)25(18,23)24/h1-7H,8H2,(H,19,21)(H2,18,23,24). The van der Waals surface area contributed by atoms with Crippen LogP contribution in [0.5, 0.6) is 0 Å². The zero-order valence-electron chi connectivity index (χ0n) is 12.4. The number of anilines is 1. The van der Waals surface area contributed by atoms with Crippen molar-refractivity contribution in [1.82, 2.24) is 4.57 Å². The van der Waals surface area contributed by atoms with E-state index in [0.717, 1.165) is 6.07 Å². The van der Waals surface area contributed by atoms with E-state index < -0.39 is 39.8 Å². The number of primary sulfonamides is 1. The van der Waals surface area contributed by atoms with Crippen molar-refractivity contribution >= 4 is 21.6 Å². The maximum Gasteiger partial charge on any atom is 0.417 e. The highest BCUT2D eigenvalue weighted by atomic mass is 32.2. The largest absolute Gasteiger partial charge is 0.417 e. The monoisotopic (exact) mass is 375 g/mol. The lowest BCUT2D eigenvalue weighted by Gasteiger charge is -2.11. The lowest BCUT2D eigenvalue weighted by Crippen LogP contribution is -2.28. The summed E-state index contributed by atoms with van der Waals surface area (Å²) in [4.78, 5) is 23.3. The molecule has 0 bridgehead atoms. The number of carbonyl (C=O) groups is 1. The summed E-state index contributed by atoms with van der Waals surface area (Å²) in [6.45, 7) is -0.678. The fourth-order valence-electron chi connectivity index (χ4n) is 1.93. The van der Waals surface area contributed by atoms with Crippen molar-refractivity contribution in [3.8, 4) is 0 Å². The van der Waals surface area contributed by atoms with E-state index in [0.29, 0.717) is 22.9 Å². The smallest absolute Gasteiger partial charge is 0.324 e. The van der Waals surface area contributed by atoms with Crippen molar-refractivity contribution in [2.24, 2.45) is 5.14 Å². The van der Waals surface area contributed by atoms with Gasteiger partial charge in [0.15, 0.2) is 0 Å². The van der Waals surface area contributed by atoms with Crippen molar-refractivity contribution in [2.45, 2.75) is 17.6 Å². The number of aromatic nitrogens is 1. The summed E-state index contributed by atoms with van der Waals surface area (Å²) >= 11 is 0. The van der Waals surface area contributed by atoms with Crippen molar-refractivity contribution in [3.05, 3.63) is 58.5 Å². The first-order chi connectivity index (χ1) is 11.5. The fraction of sp³-hybridized carbons (Fsp3) is 0.143. The summed E-state index contributed by atoms with van der Waals surface area (Å²) in [6.07, 6.45) is -4.13. The first kappa shape index (κ1) is 18.7. The van der Waals surface area contributed by atoms with E-state index >= 15 is 0 Å². The molecule has 2 rings (SSSR count). The highest BCUT2D eigenvalue weighted by Gasteiger charge is 2.31. The number of amides is 1. The summed E-state index contributed by atoms with van der Waals surface area (Å²) in [5.41, 5.74) is -1.80. The summed E-state index contributed by atoms with van der Waals surface area (Å²) in [7, 11) is -3.98. The number of nitrogens with one attached hydrogen (secondary N) is 1. The van der Waals surface area contributed by atoms with E-state index in [9.17, 15) is 31.2 Å². The van der Waals surface area contributed by atoms with Crippen molar-refractivity contribution in [2.75, 3.05) is 5.32 Å². The van der Waals surface area contributed by atoms with Crippen LogP contribution in [0, 0.1) is 0 Å². The summed E-state index contributed by atoms with van der Waals surface area (Å²) in [5.74, 6) is -0.812. The number of hydrogen-bond donors (Lipinski definition) is 2.